The molecule has 3 heterocycles. The lowest BCUT2D eigenvalue weighted by Gasteiger charge is -2.57. The average Bonchev–Trinajstić information content (AvgIpc) is 2.75. The van der Waals surface area contributed by atoms with Crippen molar-refractivity contribution in [2.75, 3.05) is 25.0 Å². The third-order valence-electron chi connectivity index (χ3n) is 7.25. The summed E-state index contributed by atoms with van der Waals surface area (Å²) >= 11 is 0. The zero-order valence-corrected chi connectivity index (χ0v) is 18.1. The van der Waals surface area contributed by atoms with Crippen LogP contribution in [0.15, 0.2) is 24.3 Å². The lowest BCUT2D eigenvalue weighted by atomic mass is 9.71. The number of amides is 2. The summed E-state index contributed by atoms with van der Waals surface area (Å²) in [7, 11) is 0. The van der Waals surface area contributed by atoms with Crippen LogP contribution in [0.2, 0.25) is 0 Å². The van der Waals surface area contributed by atoms with E-state index in [1.807, 2.05) is 0 Å². The van der Waals surface area contributed by atoms with Gasteiger partial charge in [0.05, 0.1) is 0 Å². The van der Waals surface area contributed by atoms with Gasteiger partial charge < -0.3 is 15.3 Å². The Morgan fingerprint density at radius 3 is 2.80 bits per heavy atom. The molecule has 3 saturated heterocycles. The predicted molar refractivity (Wildman–Crippen MR) is 117 cm³/mol. The fraction of sp³-hybridized carbons (Fsp3) is 0.667. The number of phenols is 1. The number of benzene rings is 1. The molecule has 3 fully saturated rings. The van der Waals surface area contributed by atoms with Gasteiger partial charge >= 0.3 is 0 Å². The second-order valence-electron chi connectivity index (χ2n) is 9.31. The molecule has 2 bridgehead atoms. The Morgan fingerprint density at radius 1 is 1.17 bits per heavy atom. The normalized spacial score (nSPS) is 28.6. The molecule has 0 spiro atoms. The van der Waals surface area contributed by atoms with Gasteiger partial charge in [-0.15, -0.1) is 0 Å². The largest absolute Gasteiger partial charge is 0.508 e. The van der Waals surface area contributed by atoms with Gasteiger partial charge in [-0.05, 0) is 56.2 Å². The smallest absolute Gasteiger partial charge is 0.224 e. The molecule has 6 nitrogen and oxygen atoms in total. The number of likely N-dealkylation sites (tertiary alicyclic amines) is 1. The molecule has 2 N–H and O–H groups in total. The van der Waals surface area contributed by atoms with Crippen molar-refractivity contribution in [3.05, 3.63) is 24.3 Å². The molecule has 6 heteroatoms. The van der Waals surface area contributed by atoms with E-state index in [1.165, 1.54) is 51.1 Å². The highest BCUT2D eigenvalue weighted by Crippen LogP contribution is 2.42. The number of nitrogens with one attached hydrogen (secondary N) is 1. The Morgan fingerprint density at radius 2 is 2.00 bits per heavy atom. The molecule has 0 radical (unpaired) electrons. The van der Waals surface area contributed by atoms with E-state index in [-0.39, 0.29) is 30.4 Å². The monoisotopic (exact) mass is 413 g/mol. The first-order chi connectivity index (χ1) is 14.5. The lowest BCUT2D eigenvalue weighted by molar-refractivity contribution is -0.142. The van der Waals surface area contributed by atoms with Crippen molar-refractivity contribution < 1.29 is 14.7 Å². The maximum atomic E-state index is 13.0. The van der Waals surface area contributed by atoms with Crippen LogP contribution < -0.4 is 5.32 Å². The molecule has 0 unspecified atom stereocenters. The average molecular weight is 414 g/mol. The first kappa shape index (κ1) is 21.2. The summed E-state index contributed by atoms with van der Waals surface area (Å²) in [5.41, 5.74) is 0.555. The summed E-state index contributed by atoms with van der Waals surface area (Å²) < 4.78 is 0. The number of fused-ring (bicyclic) bond motifs is 4. The van der Waals surface area contributed by atoms with Gasteiger partial charge in [0.25, 0.3) is 0 Å². The van der Waals surface area contributed by atoms with E-state index in [0.717, 1.165) is 13.1 Å². The number of hydrogen-bond acceptors (Lipinski definition) is 4. The highest BCUT2D eigenvalue weighted by molar-refractivity contribution is 5.93. The number of phenolic OH excluding ortho intramolecular Hbond substituents is 1. The van der Waals surface area contributed by atoms with Gasteiger partial charge in [0.2, 0.25) is 11.8 Å². The molecule has 0 saturated carbocycles. The SMILES string of the molecule is CCC[C@H]1[C@H]2C[C@H](CN(C(=O)CCC(=O)Nc3cccc(O)c3)C2)[C@@H]2CCCCN21. The number of carbonyl (C=O) groups is 2. The summed E-state index contributed by atoms with van der Waals surface area (Å²) in [6.45, 7) is 5.19. The van der Waals surface area contributed by atoms with E-state index in [1.54, 1.807) is 18.2 Å². The maximum Gasteiger partial charge on any atom is 0.224 e. The van der Waals surface area contributed by atoms with Gasteiger partial charge in [-0.1, -0.05) is 25.8 Å². The number of carbonyl (C=O) groups excluding carboxylic acids is 2. The second-order valence-corrected chi connectivity index (χ2v) is 9.31. The third-order valence-corrected chi connectivity index (χ3v) is 7.25. The van der Waals surface area contributed by atoms with Crippen LogP contribution in [0.25, 0.3) is 0 Å². The van der Waals surface area contributed by atoms with Gasteiger partial charge in [0.15, 0.2) is 0 Å². The number of anilines is 1. The molecule has 3 aliphatic heterocycles. The van der Waals surface area contributed by atoms with Crippen LogP contribution in [0.1, 0.15) is 58.3 Å². The van der Waals surface area contributed by atoms with Crippen LogP contribution in [0.3, 0.4) is 0 Å². The van der Waals surface area contributed by atoms with Crippen molar-refractivity contribution >= 4 is 17.5 Å². The van der Waals surface area contributed by atoms with Crippen molar-refractivity contribution in [1.29, 1.82) is 0 Å². The molecule has 164 valence electrons. The molecule has 2 amide bonds. The first-order valence-electron chi connectivity index (χ1n) is 11.7. The molecule has 1 aromatic carbocycles. The van der Waals surface area contributed by atoms with Crippen molar-refractivity contribution in [3.63, 3.8) is 0 Å². The van der Waals surface area contributed by atoms with Crippen LogP contribution in [-0.2, 0) is 9.59 Å². The van der Waals surface area contributed by atoms with E-state index in [4.69, 9.17) is 0 Å². The fourth-order valence-electron chi connectivity index (χ4n) is 5.99. The number of aromatic hydroxyl groups is 1. The van der Waals surface area contributed by atoms with Crippen molar-refractivity contribution in [3.8, 4) is 5.75 Å². The van der Waals surface area contributed by atoms with E-state index in [9.17, 15) is 14.7 Å². The topological polar surface area (TPSA) is 72.9 Å². The third kappa shape index (κ3) is 4.64. The molecular weight excluding hydrogens is 378 g/mol. The molecule has 4 atom stereocenters. The minimum atomic E-state index is -0.187. The number of rotatable bonds is 6. The van der Waals surface area contributed by atoms with E-state index in [2.05, 4.69) is 22.0 Å². The highest BCUT2D eigenvalue weighted by Gasteiger charge is 2.47. The van der Waals surface area contributed by atoms with Crippen LogP contribution in [0.5, 0.6) is 5.75 Å². The summed E-state index contributed by atoms with van der Waals surface area (Å²) in [5, 5.41) is 12.3. The Balaban J connectivity index is 1.34. The standard InChI is InChI=1S/C24H35N3O3/c1-2-6-21-17-13-18(22-9-3-4-12-27(21)22)16-26(15-17)24(30)11-10-23(29)25-19-7-5-8-20(28)14-19/h5,7-8,14,17-18,21-22,28H,2-4,6,9-13,15-16H2,1H3,(H,25,29)/t17-,18+,21-,22-/m0/s1. The fourth-order valence-corrected chi connectivity index (χ4v) is 5.99. The Labute approximate surface area is 179 Å². The van der Waals surface area contributed by atoms with Gasteiger partial charge in [0.1, 0.15) is 5.75 Å². The van der Waals surface area contributed by atoms with E-state index in [0.29, 0.717) is 29.6 Å². The molecule has 4 rings (SSSR count). The molecule has 0 aliphatic carbocycles. The zero-order chi connectivity index (χ0) is 21.1. The Hall–Kier alpha value is -2.08. The quantitative estimate of drug-likeness (QED) is 0.747. The van der Waals surface area contributed by atoms with Crippen LogP contribution in [-0.4, -0.2) is 58.4 Å². The lowest BCUT2D eigenvalue weighted by Crippen LogP contribution is -2.64. The number of piperidine rings is 3. The summed E-state index contributed by atoms with van der Waals surface area (Å²) in [5.74, 6) is 1.19. The first-order valence-corrected chi connectivity index (χ1v) is 11.7. The van der Waals surface area contributed by atoms with Gasteiger partial charge in [0, 0.05) is 49.8 Å². The van der Waals surface area contributed by atoms with Gasteiger partial charge in [-0.2, -0.15) is 0 Å². The van der Waals surface area contributed by atoms with E-state index < -0.39 is 0 Å². The Kier molecular flexibility index (Phi) is 6.61. The number of hydrogen-bond donors (Lipinski definition) is 2. The van der Waals surface area contributed by atoms with Gasteiger partial charge in [-0.3, -0.25) is 14.5 Å². The summed E-state index contributed by atoms with van der Waals surface area (Å²) in [6.07, 6.45) is 7.99. The van der Waals surface area contributed by atoms with Crippen molar-refractivity contribution in [2.45, 2.75) is 70.4 Å². The number of nitrogens with zero attached hydrogens (tertiary/aromatic N) is 2. The second kappa shape index (κ2) is 9.38. The predicted octanol–water partition coefficient (Wildman–Crippen LogP) is 3.61. The molecular formula is C24H35N3O3. The molecule has 3 aliphatic rings. The molecule has 0 aromatic heterocycles. The van der Waals surface area contributed by atoms with Crippen molar-refractivity contribution in [1.82, 2.24) is 9.80 Å². The minimum Gasteiger partial charge on any atom is -0.508 e. The minimum absolute atomic E-state index is 0.107. The van der Waals surface area contributed by atoms with E-state index >= 15 is 0 Å². The summed E-state index contributed by atoms with van der Waals surface area (Å²) in [4.78, 5) is 30.1. The van der Waals surface area contributed by atoms with Crippen LogP contribution in [0, 0.1) is 11.8 Å². The zero-order valence-electron chi connectivity index (χ0n) is 18.1. The maximum absolute atomic E-state index is 13.0. The van der Waals surface area contributed by atoms with Crippen LogP contribution in [0.4, 0.5) is 5.69 Å². The summed E-state index contributed by atoms with van der Waals surface area (Å²) in [6, 6.07) is 7.73. The molecule has 30 heavy (non-hydrogen) atoms. The van der Waals surface area contributed by atoms with Gasteiger partial charge in [-0.25, -0.2) is 0 Å². The van der Waals surface area contributed by atoms with Crippen molar-refractivity contribution in [2.24, 2.45) is 11.8 Å². The molecule has 1 aromatic rings. The Bertz CT molecular complexity index is 768. The highest BCUT2D eigenvalue weighted by atomic mass is 16.3. The van der Waals surface area contributed by atoms with Crippen LogP contribution >= 0.6 is 0 Å².